The molecule has 0 spiro atoms. The predicted molar refractivity (Wildman–Crippen MR) is 134 cm³/mol. The van der Waals surface area contributed by atoms with Crippen molar-refractivity contribution in [2.24, 2.45) is 0 Å². The van der Waals surface area contributed by atoms with Crippen molar-refractivity contribution in [2.45, 2.75) is 50.9 Å². The molecule has 2 aliphatic heterocycles. The number of aryl methyl sites for hydroxylation is 2. The van der Waals surface area contributed by atoms with Gasteiger partial charge in [0.05, 0.1) is 17.9 Å². The van der Waals surface area contributed by atoms with E-state index >= 15 is 0 Å². The summed E-state index contributed by atoms with van der Waals surface area (Å²) in [6.45, 7) is 6.20. The third kappa shape index (κ3) is 3.20. The van der Waals surface area contributed by atoms with Crippen LogP contribution in [0.5, 0.6) is 0 Å². The fraction of sp³-hybridized carbons (Fsp3) is 0.308. The molecule has 34 heavy (non-hydrogen) atoms. The molecule has 0 saturated heterocycles. The second kappa shape index (κ2) is 7.84. The van der Waals surface area contributed by atoms with Gasteiger partial charge in [-0.1, -0.05) is 36.0 Å². The number of nitrogens with zero attached hydrogens (tertiary/aromatic N) is 5. The van der Waals surface area contributed by atoms with E-state index in [-0.39, 0.29) is 30.0 Å². The first-order valence-corrected chi connectivity index (χ1v) is 12.5. The Morgan fingerprint density at radius 2 is 1.97 bits per heavy atom. The number of benzene rings is 2. The summed E-state index contributed by atoms with van der Waals surface area (Å²) in [5.74, 6) is 0.704. The summed E-state index contributed by atoms with van der Waals surface area (Å²) in [4.78, 5) is 33.6. The summed E-state index contributed by atoms with van der Waals surface area (Å²) in [5.41, 5.74) is 5.85. The molecule has 8 heteroatoms. The normalized spacial score (nSPS) is 19.0. The van der Waals surface area contributed by atoms with Gasteiger partial charge in [0.15, 0.2) is 10.8 Å². The van der Waals surface area contributed by atoms with E-state index in [2.05, 4.69) is 38.0 Å². The van der Waals surface area contributed by atoms with Gasteiger partial charge in [0.2, 0.25) is 5.91 Å². The van der Waals surface area contributed by atoms with E-state index < -0.39 is 0 Å². The molecular weight excluding hydrogens is 446 g/mol. The number of thioether (sulfide) groups is 1. The van der Waals surface area contributed by atoms with Crippen LogP contribution in [0.4, 0.5) is 5.69 Å². The Hall–Kier alpha value is -3.39. The molecule has 2 atom stereocenters. The first kappa shape index (κ1) is 21.2. The minimum atomic E-state index is -0.221. The Morgan fingerprint density at radius 3 is 2.79 bits per heavy atom. The van der Waals surface area contributed by atoms with Crippen molar-refractivity contribution in [3.05, 3.63) is 75.7 Å². The molecule has 0 radical (unpaired) electrons. The number of hydrogen-bond donors (Lipinski definition) is 0. The average molecular weight is 472 g/mol. The van der Waals surface area contributed by atoms with E-state index in [1.807, 2.05) is 35.2 Å². The molecule has 0 saturated carbocycles. The van der Waals surface area contributed by atoms with Crippen molar-refractivity contribution >= 4 is 34.4 Å². The zero-order valence-corrected chi connectivity index (χ0v) is 20.2. The van der Waals surface area contributed by atoms with E-state index in [4.69, 9.17) is 4.98 Å². The summed E-state index contributed by atoms with van der Waals surface area (Å²) >= 11 is 1.53. The first-order valence-electron chi connectivity index (χ1n) is 11.5. The van der Waals surface area contributed by atoms with Gasteiger partial charge < -0.3 is 4.90 Å². The minimum Gasteiger partial charge on any atom is -0.309 e. The zero-order valence-electron chi connectivity index (χ0n) is 19.4. The van der Waals surface area contributed by atoms with Gasteiger partial charge >= 0.3 is 0 Å². The summed E-state index contributed by atoms with van der Waals surface area (Å²) < 4.78 is 3.43. The van der Waals surface area contributed by atoms with Crippen LogP contribution in [0.25, 0.3) is 16.7 Å². The molecule has 0 bridgehead atoms. The number of amides is 1. The molecule has 7 nitrogen and oxygen atoms in total. The van der Waals surface area contributed by atoms with Crippen molar-refractivity contribution in [1.29, 1.82) is 0 Å². The van der Waals surface area contributed by atoms with E-state index in [0.717, 1.165) is 23.4 Å². The lowest BCUT2D eigenvalue weighted by Gasteiger charge is -2.24. The third-order valence-corrected chi connectivity index (χ3v) is 8.09. The number of hydrogen-bond acceptors (Lipinski definition) is 5. The highest BCUT2D eigenvalue weighted by Gasteiger charge is 2.35. The lowest BCUT2D eigenvalue weighted by atomic mass is 10.1. The van der Waals surface area contributed by atoms with Gasteiger partial charge in [-0.15, -0.1) is 0 Å². The van der Waals surface area contributed by atoms with Crippen LogP contribution in [0.1, 0.15) is 36.1 Å². The van der Waals surface area contributed by atoms with Crippen LogP contribution in [0.2, 0.25) is 0 Å². The van der Waals surface area contributed by atoms with Gasteiger partial charge in [0.25, 0.3) is 5.56 Å². The molecule has 4 heterocycles. The summed E-state index contributed by atoms with van der Waals surface area (Å²) in [6.07, 6.45) is 2.72. The van der Waals surface area contributed by atoms with E-state index in [0.29, 0.717) is 21.9 Å². The maximum atomic E-state index is 13.5. The van der Waals surface area contributed by atoms with Crippen LogP contribution < -0.4 is 10.5 Å². The molecule has 6 rings (SSSR count). The van der Waals surface area contributed by atoms with E-state index in [1.54, 1.807) is 15.4 Å². The molecule has 1 amide bonds. The number of anilines is 1. The van der Waals surface area contributed by atoms with Crippen LogP contribution in [0.15, 0.2) is 58.6 Å². The number of fused-ring (bicyclic) bond motifs is 3. The topological polar surface area (TPSA) is 73.0 Å². The molecule has 2 aliphatic rings. The maximum Gasteiger partial charge on any atom is 0.265 e. The fourth-order valence-corrected chi connectivity index (χ4v) is 6.20. The Kier molecular flexibility index (Phi) is 4.88. The SMILES string of the molecule is Cc1ccc(-n2ncc3c(=O)n4c(nc32)SCC4CC(=O)N2c3ccccc3CC2C)cc1C. The Morgan fingerprint density at radius 1 is 1.15 bits per heavy atom. The average Bonchev–Trinajstić information content (AvgIpc) is 3.51. The Bertz CT molecular complexity index is 1520. The third-order valence-electron chi connectivity index (χ3n) is 6.99. The van der Waals surface area contributed by atoms with Crippen molar-refractivity contribution in [1.82, 2.24) is 19.3 Å². The molecule has 4 aromatic rings. The van der Waals surface area contributed by atoms with Crippen LogP contribution in [0.3, 0.4) is 0 Å². The van der Waals surface area contributed by atoms with E-state index in [9.17, 15) is 9.59 Å². The van der Waals surface area contributed by atoms with Crippen molar-refractivity contribution in [3.8, 4) is 5.69 Å². The minimum absolute atomic E-state index is 0.0497. The number of carbonyl (C=O) groups excluding carboxylic acids is 1. The van der Waals surface area contributed by atoms with Crippen LogP contribution >= 0.6 is 11.8 Å². The van der Waals surface area contributed by atoms with Gasteiger partial charge in [-0.3, -0.25) is 14.2 Å². The van der Waals surface area contributed by atoms with Crippen molar-refractivity contribution in [2.75, 3.05) is 10.7 Å². The maximum absolute atomic E-state index is 13.5. The highest BCUT2D eigenvalue weighted by atomic mass is 32.2. The zero-order chi connectivity index (χ0) is 23.6. The highest BCUT2D eigenvalue weighted by molar-refractivity contribution is 7.99. The van der Waals surface area contributed by atoms with Crippen LogP contribution in [-0.4, -0.2) is 37.0 Å². The van der Waals surface area contributed by atoms with Crippen molar-refractivity contribution < 1.29 is 4.79 Å². The lowest BCUT2D eigenvalue weighted by molar-refractivity contribution is -0.119. The van der Waals surface area contributed by atoms with Gasteiger partial charge in [-0.2, -0.15) is 5.10 Å². The largest absolute Gasteiger partial charge is 0.309 e. The lowest BCUT2D eigenvalue weighted by Crippen LogP contribution is -2.38. The summed E-state index contributed by atoms with van der Waals surface area (Å²) in [7, 11) is 0. The molecule has 172 valence electrons. The van der Waals surface area contributed by atoms with Crippen LogP contribution in [0, 0.1) is 13.8 Å². The predicted octanol–water partition coefficient (Wildman–Crippen LogP) is 4.21. The molecule has 0 N–H and O–H groups in total. The molecule has 0 aliphatic carbocycles. The van der Waals surface area contributed by atoms with Gasteiger partial charge in [-0.25, -0.2) is 9.67 Å². The second-order valence-electron chi connectivity index (χ2n) is 9.25. The molecular formula is C26H25N5O2S. The quantitative estimate of drug-likeness (QED) is 0.419. The second-order valence-corrected chi connectivity index (χ2v) is 10.2. The number of aromatic nitrogens is 4. The molecule has 2 aromatic heterocycles. The van der Waals surface area contributed by atoms with Gasteiger partial charge in [0, 0.05) is 23.9 Å². The van der Waals surface area contributed by atoms with Gasteiger partial charge in [0.1, 0.15) is 5.39 Å². The monoisotopic (exact) mass is 471 g/mol. The Labute approximate surface area is 201 Å². The van der Waals surface area contributed by atoms with E-state index in [1.165, 1.54) is 22.9 Å². The Balaban J connectivity index is 1.34. The molecule has 2 unspecified atom stereocenters. The number of rotatable bonds is 3. The van der Waals surface area contributed by atoms with Gasteiger partial charge in [-0.05, 0) is 62.1 Å². The molecule has 0 fully saturated rings. The fourth-order valence-electron chi connectivity index (χ4n) is 5.07. The van der Waals surface area contributed by atoms with Crippen molar-refractivity contribution in [3.63, 3.8) is 0 Å². The smallest absolute Gasteiger partial charge is 0.265 e. The first-order chi connectivity index (χ1) is 16.4. The molecule has 2 aromatic carbocycles. The standard InChI is InChI=1S/C26H25N5O2S/c1-15-8-9-19(10-16(15)2)31-24-21(13-27-31)25(33)30-20(14-34-26(30)28-24)12-23(32)29-17(3)11-18-6-4-5-7-22(18)29/h4-10,13,17,20H,11-12,14H2,1-3H3. The summed E-state index contributed by atoms with van der Waals surface area (Å²) in [5, 5.41) is 5.60. The van der Waals surface area contributed by atoms with Crippen LogP contribution in [-0.2, 0) is 11.2 Å². The number of para-hydroxylation sites is 1. The summed E-state index contributed by atoms with van der Waals surface area (Å²) in [6, 6.07) is 14.1. The number of carbonyl (C=O) groups is 1. The highest BCUT2D eigenvalue weighted by Crippen LogP contribution is 2.37.